The minimum Gasteiger partial charge on any atom is -0.354 e. The molecule has 0 spiro atoms. The number of nitrogens with zero attached hydrogens (tertiary/aromatic N) is 3. The van der Waals surface area contributed by atoms with Crippen LogP contribution in [0, 0.1) is 5.41 Å². The molecule has 0 radical (unpaired) electrons. The minimum absolute atomic E-state index is 0.122. The highest BCUT2D eigenvalue weighted by Gasteiger charge is 2.20. The van der Waals surface area contributed by atoms with Crippen molar-refractivity contribution < 1.29 is 0 Å². The van der Waals surface area contributed by atoms with Gasteiger partial charge in [0.25, 0.3) is 0 Å². The van der Waals surface area contributed by atoms with Gasteiger partial charge < -0.3 is 10.6 Å². The van der Waals surface area contributed by atoms with Gasteiger partial charge in [0, 0.05) is 12.6 Å². The van der Waals surface area contributed by atoms with E-state index in [1.165, 1.54) is 0 Å². The van der Waals surface area contributed by atoms with Crippen molar-refractivity contribution >= 4 is 23.5 Å². The van der Waals surface area contributed by atoms with E-state index in [9.17, 15) is 0 Å². The number of aromatic nitrogens is 3. The molecule has 0 aliphatic rings. The summed E-state index contributed by atoms with van der Waals surface area (Å²) >= 11 is 5.84. The maximum absolute atomic E-state index is 5.84. The molecule has 1 heterocycles. The predicted octanol–water partition coefficient (Wildman–Crippen LogP) is 2.80. The molecule has 1 rings (SSSR count). The second-order valence-electron chi connectivity index (χ2n) is 5.01. The Morgan fingerprint density at radius 3 is 2.29 bits per heavy atom. The Morgan fingerprint density at radius 1 is 1.18 bits per heavy atom. The SMILES string of the molecule is CCNc1nc(Cl)nc(NC(C)C(C)(C)C)n1. The molecular weight excluding hydrogens is 238 g/mol. The van der Waals surface area contributed by atoms with Crippen LogP contribution in [0.1, 0.15) is 34.6 Å². The van der Waals surface area contributed by atoms with Gasteiger partial charge in [-0.1, -0.05) is 20.8 Å². The van der Waals surface area contributed by atoms with Crippen LogP contribution in [0.5, 0.6) is 0 Å². The summed E-state index contributed by atoms with van der Waals surface area (Å²) in [5.74, 6) is 1.000. The molecule has 1 unspecified atom stereocenters. The summed E-state index contributed by atoms with van der Waals surface area (Å²) < 4.78 is 0. The Bertz CT molecular complexity index is 375. The van der Waals surface area contributed by atoms with Crippen molar-refractivity contribution in [3.8, 4) is 0 Å². The Balaban J connectivity index is 2.84. The summed E-state index contributed by atoms with van der Waals surface area (Å²) in [6, 6.07) is 0.232. The topological polar surface area (TPSA) is 62.7 Å². The van der Waals surface area contributed by atoms with E-state index in [0.717, 1.165) is 6.54 Å². The molecule has 0 aliphatic heterocycles. The molecule has 17 heavy (non-hydrogen) atoms. The molecule has 1 atom stereocenters. The van der Waals surface area contributed by atoms with Crippen LogP contribution >= 0.6 is 11.6 Å². The molecule has 0 saturated carbocycles. The minimum atomic E-state index is 0.122. The molecule has 6 heteroatoms. The number of anilines is 2. The highest BCUT2D eigenvalue weighted by molar-refractivity contribution is 6.28. The predicted molar refractivity (Wildman–Crippen MR) is 71.5 cm³/mol. The fraction of sp³-hybridized carbons (Fsp3) is 0.727. The fourth-order valence-electron chi connectivity index (χ4n) is 1.06. The van der Waals surface area contributed by atoms with Crippen molar-refractivity contribution in [3.05, 3.63) is 5.28 Å². The average molecular weight is 258 g/mol. The van der Waals surface area contributed by atoms with E-state index >= 15 is 0 Å². The third kappa shape index (κ3) is 4.34. The Morgan fingerprint density at radius 2 is 1.76 bits per heavy atom. The number of hydrogen-bond donors (Lipinski definition) is 2. The van der Waals surface area contributed by atoms with Crippen molar-refractivity contribution in [2.45, 2.75) is 40.7 Å². The van der Waals surface area contributed by atoms with Gasteiger partial charge in [-0.3, -0.25) is 0 Å². The number of halogens is 1. The van der Waals surface area contributed by atoms with E-state index in [-0.39, 0.29) is 16.7 Å². The van der Waals surface area contributed by atoms with Gasteiger partial charge in [-0.25, -0.2) is 0 Å². The Kier molecular flexibility index (Phi) is 4.51. The lowest BCUT2D eigenvalue weighted by molar-refractivity contribution is 0.358. The second-order valence-corrected chi connectivity index (χ2v) is 5.35. The van der Waals surface area contributed by atoms with Gasteiger partial charge in [-0.05, 0) is 30.9 Å². The first kappa shape index (κ1) is 14.0. The number of rotatable bonds is 4. The fourth-order valence-corrected chi connectivity index (χ4v) is 1.22. The molecule has 2 N–H and O–H groups in total. The van der Waals surface area contributed by atoms with Crippen LogP contribution in [0.4, 0.5) is 11.9 Å². The van der Waals surface area contributed by atoms with Crippen LogP contribution in [0.3, 0.4) is 0 Å². The van der Waals surface area contributed by atoms with Crippen LogP contribution in [0.15, 0.2) is 0 Å². The average Bonchev–Trinajstić information content (AvgIpc) is 2.15. The molecule has 5 nitrogen and oxygen atoms in total. The zero-order valence-electron chi connectivity index (χ0n) is 11.0. The van der Waals surface area contributed by atoms with E-state index in [2.05, 4.69) is 53.3 Å². The van der Waals surface area contributed by atoms with Crippen molar-refractivity contribution in [3.63, 3.8) is 0 Å². The van der Waals surface area contributed by atoms with Gasteiger partial charge in [0.2, 0.25) is 17.2 Å². The van der Waals surface area contributed by atoms with Crippen molar-refractivity contribution in [1.29, 1.82) is 0 Å². The van der Waals surface area contributed by atoms with Gasteiger partial charge in [-0.15, -0.1) is 0 Å². The van der Waals surface area contributed by atoms with E-state index in [0.29, 0.717) is 11.9 Å². The zero-order chi connectivity index (χ0) is 13.1. The third-order valence-electron chi connectivity index (χ3n) is 2.59. The van der Waals surface area contributed by atoms with Gasteiger partial charge in [0.15, 0.2) is 0 Å². The summed E-state index contributed by atoms with van der Waals surface area (Å²) in [6.07, 6.45) is 0. The van der Waals surface area contributed by atoms with Crippen molar-refractivity contribution in [1.82, 2.24) is 15.0 Å². The molecule has 1 aromatic rings. The van der Waals surface area contributed by atoms with Crippen LogP contribution in [0.2, 0.25) is 5.28 Å². The lowest BCUT2D eigenvalue weighted by Crippen LogP contribution is -2.31. The summed E-state index contributed by atoms with van der Waals surface area (Å²) in [5, 5.41) is 6.44. The van der Waals surface area contributed by atoms with Gasteiger partial charge in [0.05, 0.1) is 0 Å². The van der Waals surface area contributed by atoms with E-state index in [1.807, 2.05) is 6.92 Å². The highest BCUT2D eigenvalue weighted by atomic mass is 35.5. The molecule has 0 fully saturated rings. The van der Waals surface area contributed by atoms with E-state index in [4.69, 9.17) is 11.6 Å². The van der Waals surface area contributed by atoms with Crippen LogP contribution in [0.25, 0.3) is 0 Å². The standard InChI is InChI=1S/C11H20ClN5/c1-6-13-9-15-8(12)16-10(17-9)14-7(2)11(3,4)5/h7H,6H2,1-5H3,(H2,13,14,15,16,17). The molecule has 0 amide bonds. The quantitative estimate of drug-likeness (QED) is 0.869. The Hall–Kier alpha value is -1.10. The van der Waals surface area contributed by atoms with E-state index < -0.39 is 0 Å². The lowest BCUT2D eigenvalue weighted by Gasteiger charge is -2.28. The maximum atomic E-state index is 5.84. The zero-order valence-corrected chi connectivity index (χ0v) is 11.8. The van der Waals surface area contributed by atoms with E-state index in [1.54, 1.807) is 0 Å². The molecule has 0 aromatic carbocycles. The molecule has 96 valence electrons. The summed E-state index contributed by atoms with van der Waals surface area (Å²) in [5.41, 5.74) is 0.122. The highest BCUT2D eigenvalue weighted by Crippen LogP contribution is 2.22. The maximum Gasteiger partial charge on any atom is 0.229 e. The summed E-state index contributed by atoms with van der Waals surface area (Å²) in [7, 11) is 0. The van der Waals surface area contributed by atoms with Crippen LogP contribution in [-0.4, -0.2) is 27.5 Å². The largest absolute Gasteiger partial charge is 0.354 e. The smallest absolute Gasteiger partial charge is 0.229 e. The molecule has 0 bridgehead atoms. The third-order valence-corrected chi connectivity index (χ3v) is 2.76. The lowest BCUT2D eigenvalue weighted by atomic mass is 9.88. The molecule has 0 aliphatic carbocycles. The van der Waals surface area contributed by atoms with Crippen LogP contribution < -0.4 is 10.6 Å². The van der Waals surface area contributed by atoms with Crippen LogP contribution in [-0.2, 0) is 0 Å². The van der Waals surface area contributed by atoms with Crippen molar-refractivity contribution in [2.24, 2.45) is 5.41 Å². The van der Waals surface area contributed by atoms with Gasteiger partial charge in [-0.2, -0.15) is 15.0 Å². The first-order valence-electron chi connectivity index (χ1n) is 5.75. The molecule has 0 saturated heterocycles. The molecular formula is C11H20ClN5. The second kappa shape index (κ2) is 5.49. The van der Waals surface area contributed by atoms with Crippen molar-refractivity contribution in [2.75, 3.05) is 17.2 Å². The Labute approximate surface area is 107 Å². The first-order chi connectivity index (χ1) is 7.82. The normalized spacial score (nSPS) is 13.3. The van der Waals surface area contributed by atoms with Gasteiger partial charge in [0.1, 0.15) is 0 Å². The summed E-state index contributed by atoms with van der Waals surface area (Å²) in [4.78, 5) is 12.3. The first-order valence-corrected chi connectivity index (χ1v) is 6.12. The summed E-state index contributed by atoms with van der Waals surface area (Å²) in [6.45, 7) is 11.3. The number of hydrogen-bond acceptors (Lipinski definition) is 5. The van der Waals surface area contributed by atoms with Gasteiger partial charge >= 0.3 is 0 Å². The molecule has 1 aromatic heterocycles. The number of nitrogens with one attached hydrogen (secondary N) is 2. The monoisotopic (exact) mass is 257 g/mol.